The number of aliphatic hydroxyl groups excluding tert-OH is 1. The number of carboxylic acid groups (broad SMARTS) is 1. The number of carboxylic acids is 1. The second-order valence-electron chi connectivity index (χ2n) is 5.90. The van der Waals surface area contributed by atoms with Gasteiger partial charge >= 0.3 is 5.97 Å². The summed E-state index contributed by atoms with van der Waals surface area (Å²) >= 11 is 5.83. The fraction of sp³-hybridized carbons (Fsp3) is 0.316. The second kappa shape index (κ2) is 9.42. The van der Waals surface area contributed by atoms with Crippen LogP contribution in [-0.4, -0.2) is 35.4 Å². The van der Waals surface area contributed by atoms with Gasteiger partial charge in [-0.05, 0) is 42.3 Å². The average Bonchev–Trinajstić information content (AvgIpc) is 2.59. The Bertz CT molecular complexity index is 673. The van der Waals surface area contributed by atoms with Crippen molar-refractivity contribution in [3.8, 4) is 5.75 Å². The van der Waals surface area contributed by atoms with Gasteiger partial charge in [0.1, 0.15) is 12.4 Å². The number of hydrogen-bond acceptors (Lipinski definition) is 4. The molecule has 0 aliphatic rings. The van der Waals surface area contributed by atoms with Crippen LogP contribution in [0.1, 0.15) is 24.2 Å². The van der Waals surface area contributed by atoms with Crippen molar-refractivity contribution in [2.24, 2.45) is 0 Å². The molecule has 2 unspecified atom stereocenters. The van der Waals surface area contributed by atoms with E-state index in [1.807, 2.05) is 6.92 Å². The highest BCUT2D eigenvalue weighted by atomic mass is 35.5. The fourth-order valence-corrected chi connectivity index (χ4v) is 2.40. The molecule has 0 aliphatic heterocycles. The molecule has 0 aliphatic carbocycles. The van der Waals surface area contributed by atoms with Gasteiger partial charge in [-0.1, -0.05) is 35.9 Å². The van der Waals surface area contributed by atoms with E-state index in [0.717, 1.165) is 11.1 Å². The van der Waals surface area contributed by atoms with Crippen LogP contribution in [0.2, 0.25) is 5.02 Å². The Kier molecular flexibility index (Phi) is 7.25. The van der Waals surface area contributed by atoms with Gasteiger partial charge < -0.3 is 20.3 Å². The summed E-state index contributed by atoms with van der Waals surface area (Å²) in [6.45, 7) is 2.81. The summed E-state index contributed by atoms with van der Waals surface area (Å²) in [7, 11) is 0. The normalized spacial score (nSPS) is 13.2. The molecule has 0 saturated carbocycles. The molecule has 0 amide bonds. The lowest BCUT2D eigenvalue weighted by Crippen LogP contribution is -2.34. The smallest absolute Gasteiger partial charge is 0.307 e. The van der Waals surface area contributed by atoms with E-state index in [9.17, 15) is 9.90 Å². The van der Waals surface area contributed by atoms with Gasteiger partial charge in [0.15, 0.2) is 0 Å². The zero-order chi connectivity index (χ0) is 18.2. The molecule has 0 radical (unpaired) electrons. The Labute approximate surface area is 152 Å². The van der Waals surface area contributed by atoms with E-state index in [1.54, 1.807) is 48.5 Å². The number of ether oxygens (including phenoxy) is 1. The van der Waals surface area contributed by atoms with Crippen molar-refractivity contribution in [3.05, 3.63) is 64.7 Å². The summed E-state index contributed by atoms with van der Waals surface area (Å²) in [5, 5.41) is 22.8. The largest absolute Gasteiger partial charge is 0.492 e. The van der Waals surface area contributed by atoms with E-state index in [0.29, 0.717) is 23.9 Å². The van der Waals surface area contributed by atoms with E-state index in [4.69, 9.17) is 21.4 Å². The Morgan fingerprint density at radius 2 is 1.80 bits per heavy atom. The van der Waals surface area contributed by atoms with Crippen molar-refractivity contribution >= 4 is 17.6 Å². The lowest BCUT2D eigenvalue weighted by molar-refractivity contribution is -0.136. The van der Waals surface area contributed by atoms with Gasteiger partial charge in [0.2, 0.25) is 0 Å². The monoisotopic (exact) mass is 363 g/mol. The van der Waals surface area contributed by atoms with E-state index in [-0.39, 0.29) is 12.5 Å². The summed E-state index contributed by atoms with van der Waals surface area (Å²) in [5.74, 6) is -0.174. The third kappa shape index (κ3) is 6.74. The van der Waals surface area contributed by atoms with Gasteiger partial charge in [0, 0.05) is 17.6 Å². The van der Waals surface area contributed by atoms with Crippen molar-refractivity contribution in [3.63, 3.8) is 0 Å². The van der Waals surface area contributed by atoms with E-state index in [1.165, 1.54) is 0 Å². The molecule has 25 heavy (non-hydrogen) atoms. The Morgan fingerprint density at radius 3 is 2.40 bits per heavy atom. The van der Waals surface area contributed by atoms with Crippen LogP contribution in [0.4, 0.5) is 0 Å². The van der Waals surface area contributed by atoms with Crippen LogP contribution in [0.5, 0.6) is 5.75 Å². The highest BCUT2D eigenvalue weighted by Gasteiger charge is 2.10. The minimum Gasteiger partial charge on any atom is -0.492 e. The lowest BCUT2D eigenvalue weighted by Gasteiger charge is -2.18. The van der Waals surface area contributed by atoms with Gasteiger partial charge in [0.25, 0.3) is 0 Å². The van der Waals surface area contributed by atoms with Crippen molar-refractivity contribution < 1.29 is 19.7 Å². The minimum atomic E-state index is -0.856. The first-order valence-corrected chi connectivity index (χ1v) is 8.42. The average molecular weight is 364 g/mol. The van der Waals surface area contributed by atoms with Crippen LogP contribution >= 0.6 is 11.6 Å². The molecule has 3 N–H and O–H groups in total. The predicted octanol–water partition coefficient (Wildman–Crippen LogP) is 3.06. The topological polar surface area (TPSA) is 78.8 Å². The Balaban J connectivity index is 1.73. The molecule has 6 heteroatoms. The first kappa shape index (κ1) is 19.2. The van der Waals surface area contributed by atoms with Gasteiger partial charge in [0.05, 0.1) is 12.5 Å². The second-order valence-corrected chi connectivity index (χ2v) is 6.34. The standard InChI is InChI=1S/C19H22ClNO4/c1-13(21-11-18(22)15-4-6-16(20)7-5-15)12-25-17-8-2-14(3-9-17)10-19(23)24/h2-9,13,18,21-22H,10-12H2,1H3,(H,23,24). The molecule has 0 spiro atoms. The van der Waals surface area contributed by atoms with Gasteiger partial charge in [-0.3, -0.25) is 4.79 Å². The Morgan fingerprint density at radius 1 is 1.16 bits per heavy atom. The quantitative estimate of drug-likeness (QED) is 0.638. The molecular weight excluding hydrogens is 342 g/mol. The molecule has 5 nitrogen and oxygen atoms in total. The molecule has 0 heterocycles. The number of halogens is 1. The summed E-state index contributed by atoms with van der Waals surface area (Å²) in [5.41, 5.74) is 1.54. The van der Waals surface area contributed by atoms with Crippen LogP contribution in [-0.2, 0) is 11.2 Å². The molecule has 0 saturated heterocycles. The van der Waals surface area contributed by atoms with E-state index < -0.39 is 12.1 Å². The van der Waals surface area contributed by atoms with Crippen LogP contribution < -0.4 is 10.1 Å². The summed E-state index contributed by atoms with van der Waals surface area (Å²) < 4.78 is 5.67. The van der Waals surface area contributed by atoms with Gasteiger partial charge in [-0.2, -0.15) is 0 Å². The number of aliphatic hydroxyl groups is 1. The summed E-state index contributed by atoms with van der Waals surface area (Å²) in [6, 6.07) is 14.1. The third-order valence-electron chi connectivity index (χ3n) is 3.69. The molecule has 2 aromatic carbocycles. The number of rotatable bonds is 9. The summed E-state index contributed by atoms with van der Waals surface area (Å²) in [4.78, 5) is 10.6. The summed E-state index contributed by atoms with van der Waals surface area (Å²) in [6.07, 6.45) is -0.615. The van der Waals surface area contributed by atoms with Crippen LogP contribution in [0.15, 0.2) is 48.5 Å². The van der Waals surface area contributed by atoms with E-state index >= 15 is 0 Å². The van der Waals surface area contributed by atoms with Crippen molar-refractivity contribution in [2.45, 2.75) is 25.5 Å². The number of aliphatic carboxylic acids is 1. The highest BCUT2D eigenvalue weighted by molar-refractivity contribution is 6.30. The van der Waals surface area contributed by atoms with Crippen LogP contribution in [0.25, 0.3) is 0 Å². The molecule has 2 rings (SSSR count). The zero-order valence-corrected chi connectivity index (χ0v) is 14.7. The molecular formula is C19H22ClNO4. The Hall–Kier alpha value is -2.08. The molecule has 0 aromatic heterocycles. The maximum atomic E-state index is 10.6. The van der Waals surface area contributed by atoms with Crippen LogP contribution in [0.3, 0.4) is 0 Å². The number of nitrogens with one attached hydrogen (secondary N) is 1. The molecule has 134 valence electrons. The first-order chi connectivity index (χ1) is 11.9. The molecule has 2 atom stereocenters. The van der Waals surface area contributed by atoms with Crippen molar-refractivity contribution in [1.29, 1.82) is 0 Å². The van der Waals surface area contributed by atoms with Gasteiger partial charge in [-0.15, -0.1) is 0 Å². The number of benzene rings is 2. The lowest BCUT2D eigenvalue weighted by atomic mass is 10.1. The third-order valence-corrected chi connectivity index (χ3v) is 3.95. The maximum Gasteiger partial charge on any atom is 0.307 e. The van der Waals surface area contributed by atoms with Crippen molar-refractivity contribution in [2.75, 3.05) is 13.2 Å². The minimum absolute atomic E-state index is 0.000818. The van der Waals surface area contributed by atoms with Crippen LogP contribution in [0, 0.1) is 0 Å². The van der Waals surface area contributed by atoms with Crippen molar-refractivity contribution in [1.82, 2.24) is 5.32 Å². The molecule has 0 bridgehead atoms. The maximum absolute atomic E-state index is 10.6. The van der Waals surface area contributed by atoms with E-state index in [2.05, 4.69) is 5.32 Å². The predicted molar refractivity (Wildman–Crippen MR) is 97.2 cm³/mol. The zero-order valence-electron chi connectivity index (χ0n) is 14.0. The molecule has 2 aromatic rings. The fourth-order valence-electron chi connectivity index (χ4n) is 2.27. The number of carbonyl (C=O) groups is 1. The highest BCUT2D eigenvalue weighted by Crippen LogP contribution is 2.16. The first-order valence-electron chi connectivity index (χ1n) is 8.04. The molecule has 0 fully saturated rings. The van der Waals surface area contributed by atoms with Gasteiger partial charge in [-0.25, -0.2) is 0 Å². The SMILES string of the molecule is CC(COc1ccc(CC(=O)O)cc1)NCC(O)c1ccc(Cl)cc1. The number of hydrogen-bond donors (Lipinski definition) is 3.